The third-order valence-electron chi connectivity index (χ3n) is 5.64. The summed E-state index contributed by atoms with van der Waals surface area (Å²) in [5, 5.41) is 3.08. The molecule has 0 bridgehead atoms. The van der Waals surface area contributed by atoms with Gasteiger partial charge >= 0.3 is 6.09 Å². The lowest BCUT2D eigenvalue weighted by Crippen LogP contribution is -2.42. The number of hydrogen-bond acceptors (Lipinski definition) is 3. The van der Waals surface area contributed by atoms with Crippen LogP contribution in [0.3, 0.4) is 0 Å². The largest absolute Gasteiger partial charge is 0.444 e. The molecule has 1 fully saturated rings. The molecule has 29 heavy (non-hydrogen) atoms. The number of allylic oxidation sites excluding steroid dienone is 1. The zero-order valence-corrected chi connectivity index (χ0v) is 18.1. The predicted octanol–water partition coefficient (Wildman–Crippen LogP) is 4.68. The molecule has 2 amide bonds. The topological polar surface area (TPSA) is 63.6 Å². The highest BCUT2D eigenvalue weighted by Gasteiger charge is 2.28. The molecule has 2 heterocycles. The number of piperidine rings is 1. The molecule has 1 aromatic rings. The lowest BCUT2D eigenvalue weighted by molar-refractivity contribution is 0.0187. The van der Waals surface area contributed by atoms with Crippen molar-refractivity contribution in [3.05, 3.63) is 35.7 Å². The fourth-order valence-corrected chi connectivity index (χ4v) is 4.12. The third-order valence-corrected chi connectivity index (χ3v) is 5.64. The molecule has 1 aliphatic heterocycles. The smallest absolute Gasteiger partial charge is 0.410 e. The number of rotatable bonds is 5. The molecule has 1 saturated heterocycles. The van der Waals surface area contributed by atoms with Crippen molar-refractivity contribution in [1.82, 2.24) is 14.8 Å². The van der Waals surface area contributed by atoms with Gasteiger partial charge in [0.25, 0.3) is 5.91 Å². The maximum absolute atomic E-state index is 12.7. The quantitative estimate of drug-likeness (QED) is 0.729. The molecule has 160 valence electrons. The van der Waals surface area contributed by atoms with Crippen molar-refractivity contribution in [3.63, 3.8) is 0 Å². The van der Waals surface area contributed by atoms with Crippen molar-refractivity contribution in [2.75, 3.05) is 19.6 Å². The molecule has 0 radical (unpaired) electrons. The molecule has 1 aliphatic carbocycles. The van der Waals surface area contributed by atoms with Gasteiger partial charge in [-0.25, -0.2) is 4.79 Å². The van der Waals surface area contributed by atoms with Gasteiger partial charge in [-0.05, 0) is 77.8 Å². The summed E-state index contributed by atoms with van der Waals surface area (Å²) in [6.45, 7) is 7.63. The van der Waals surface area contributed by atoms with Crippen LogP contribution >= 0.6 is 0 Å². The van der Waals surface area contributed by atoms with E-state index in [4.69, 9.17) is 4.74 Å². The third kappa shape index (κ3) is 6.12. The van der Waals surface area contributed by atoms with Crippen molar-refractivity contribution < 1.29 is 14.3 Å². The summed E-state index contributed by atoms with van der Waals surface area (Å²) in [4.78, 5) is 26.7. The first-order chi connectivity index (χ1) is 13.8. The molecular formula is C23H35N3O3. The van der Waals surface area contributed by atoms with Crippen LogP contribution in [-0.2, 0) is 4.74 Å². The molecule has 1 N–H and O–H groups in total. The van der Waals surface area contributed by atoms with Gasteiger partial charge in [-0.2, -0.15) is 0 Å². The molecule has 0 aromatic carbocycles. The summed E-state index contributed by atoms with van der Waals surface area (Å²) in [5.41, 5.74) is 1.70. The number of likely N-dealkylation sites (tertiary alicyclic amines) is 1. The molecule has 1 aromatic heterocycles. The van der Waals surface area contributed by atoms with Crippen LogP contribution in [0, 0.1) is 0 Å². The number of amides is 2. The molecule has 6 heteroatoms. The van der Waals surface area contributed by atoms with E-state index in [0.29, 0.717) is 25.3 Å². The summed E-state index contributed by atoms with van der Waals surface area (Å²) in [6.07, 6.45) is 11.5. The van der Waals surface area contributed by atoms with Crippen LogP contribution < -0.4 is 5.32 Å². The van der Waals surface area contributed by atoms with Gasteiger partial charge in [-0.3, -0.25) is 4.79 Å². The highest BCUT2D eigenvalue weighted by molar-refractivity contribution is 5.92. The number of carbonyl (C=O) groups excluding carboxylic acids is 2. The summed E-state index contributed by atoms with van der Waals surface area (Å²) in [7, 11) is 0. The Balaban J connectivity index is 1.50. The number of nitrogens with zero attached hydrogens (tertiary/aromatic N) is 2. The standard InChI is InChI=1S/C23H35N3O3/c1-23(2,3)29-22(28)25-16-12-19(13-17-25)26-15-7-10-20(26)21(27)24-14-11-18-8-5-4-6-9-18/h7-8,10,15,19H,4-6,9,11-14,16-17H2,1-3H3,(H,24,27). The maximum Gasteiger partial charge on any atom is 0.410 e. The Morgan fingerprint density at radius 3 is 2.62 bits per heavy atom. The highest BCUT2D eigenvalue weighted by Crippen LogP contribution is 2.26. The van der Waals surface area contributed by atoms with Gasteiger partial charge < -0.3 is 19.5 Å². The Morgan fingerprint density at radius 2 is 1.97 bits per heavy atom. The molecule has 0 atom stereocenters. The zero-order valence-electron chi connectivity index (χ0n) is 18.1. The van der Waals surface area contributed by atoms with Crippen LogP contribution in [0.2, 0.25) is 0 Å². The van der Waals surface area contributed by atoms with Gasteiger partial charge in [0.05, 0.1) is 0 Å². The van der Waals surface area contributed by atoms with Crippen molar-refractivity contribution in [3.8, 4) is 0 Å². The predicted molar refractivity (Wildman–Crippen MR) is 114 cm³/mol. The second-order valence-electron chi connectivity index (χ2n) is 9.11. The Labute approximate surface area is 174 Å². The van der Waals surface area contributed by atoms with E-state index in [1.807, 2.05) is 39.1 Å². The normalized spacial score (nSPS) is 18.3. The summed E-state index contributed by atoms with van der Waals surface area (Å²) in [6, 6.07) is 4.04. The van der Waals surface area contributed by atoms with Crippen molar-refractivity contribution in [2.24, 2.45) is 0 Å². The Bertz CT molecular complexity index is 737. The van der Waals surface area contributed by atoms with Crippen LogP contribution in [0.5, 0.6) is 0 Å². The second-order valence-corrected chi connectivity index (χ2v) is 9.11. The lowest BCUT2D eigenvalue weighted by atomic mass is 9.97. The Hall–Kier alpha value is -2.24. The average molecular weight is 402 g/mol. The van der Waals surface area contributed by atoms with E-state index in [1.54, 1.807) is 4.90 Å². The first-order valence-electron chi connectivity index (χ1n) is 10.9. The van der Waals surface area contributed by atoms with E-state index in [2.05, 4.69) is 16.0 Å². The van der Waals surface area contributed by atoms with Crippen molar-refractivity contribution in [1.29, 1.82) is 0 Å². The van der Waals surface area contributed by atoms with Gasteiger partial charge in [-0.15, -0.1) is 0 Å². The van der Waals surface area contributed by atoms with E-state index >= 15 is 0 Å². The zero-order chi connectivity index (χ0) is 20.9. The number of nitrogens with one attached hydrogen (secondary N) is 1. The Morgan fingerprint density at radius 1 is 1.21 bits per heavy atom. The fraction of sp³-hybridized carbons (Fsp3) is 0.652. The second kappa shape index (κ2) is 9.51. The SMILES string of the molecule is CC(C)(C)OC(=O)N1CCC(n2cccc2C(=O)NCCC2=CCCCC2)CC1. The van der Waals surface area contributed by atoms with E-state index in [9.17, 15) is 9.59 Å². The molecule has 2 aliphatic rings. The molecule has 0 unspecified atom stereocenters. The van der Waals surface area contributed by atoms with Gasteiger partial charge in [0.1, 0.15) is 11.3 Å². The molecular weight excluding hydrogens is 366 g/mol. The Kier molecular flexibility index (Phi) is 7.04. The van der Waals surface area contributed by atoms with Crippen LogP contribution in [0.25, 0.3) is 0 Å². The van der Waals surface area contributed by atoms with Gasteiger partial charge in [0.15, 0.2) is 0 Å². The van der Waals surface area contributed by atoms with E-state index in [0.717, 1.165) is 19.3 Å². The number of carbonyl (C=O) groups is 2. The fourth-order valence-electron chi connectivity index (χ4n) is 4.12. The maximum atomic E-state index is 12.7. The lowest BCUT2D eigenvalue weighted by Gasteiger charge is -2.34. The summed E-state index contributed by atoms with van der Waals surface area (Å²) in [5.74, 6) is -0.0130. The average Bonchev–Trinajstić information content (AvgIpc) is 3.17. The molecule has 0 spiro atoms. The summed E-state index contributed by atoms with van der Waals surface area (Å²) < 4.78 is 7.54. The minimum Gasteiger partial charge on any atom is -0.444 e. The van der Waals surface area contributed by atoms with Crippen molar-refractivity contribution >= 4 is 12.0 Å². The van der Waals surface area contributed by atoms with Crippen LogP contribution in [0.1, 0.15) is 82.2 Å². The van der Waals surface area contributed by atoms with Gasteiger partial charge in [0, 0.05) is 31.9 Å². The van der Waals surface area contributed by atoms with E-state index < -0.39 is 5.60 Å². The minimum atomic E-state index is -0.479. The van der Waals surface area contributed by atoms with Crippen molar-refractivity contribution in [2.45, 2.75) is 77.4 Å². The van der Waals surface area contributed by atoms with Crippen LogP contribution in [0.4, 0.5) is 4.79 Å². The first kappa shape index (κ1) is 21.5. The van der Waals surface area contributed by atoms with Crippen LogP contribution in [-0.4, -0.2) is 46.7 Å². The monoisotopic (exact) mass is 401 g/mol. The number of ether oxygens (including phenoxy) is 1. The number of hydrogen-bond donors (Lipinski definition) is 1. The molecule has 6 nitrogen and oxygen atoms in total. The van der Waals surface area contributed by atoms with Gasteiger partial charge in [0.2, 0.25) is 0 Å². The summed E-state index contributed by atoms with van der Waals surface area (Å²) >= 11 is 0. The number of aromatic nitrogens is 1. The van der Waals surface area contributed by atoms with E-state index in [-0.39, 0.29) is 18.0 Å². The molecule has 3 rings (SSSR count). The van der Waals surface area contributed by atoms with E-state index in [1.165, 1.54) is 31.3 Å². The molecule has 0 saturated carbocycles. The van der Waals surface area contributed by atoms with Gasteiger partial charge in [-0.1, -0.05) is 11.6 Å². The minimum absolute atomic E-state index is 0.0130. The highest BCUT2D eigenvalue weighted by atomic mass is 16.6. The van der Waals surface area contributed by atoms with Crippen LogP contribution in [0.15, 0.2) is 30.0 Å². The first-order valence-corrected chi connectivity index (χ1v) is 10.9.